The molecule has 7 heteroatoms. The van der Waals surface area contributed by atoms with Crippen molar-refractivity contribution >= 4 is 21.6 Å². The van der Waals surface area contributed by atoms with Crippen molar-refractivity contribution in [2.45, 2.75) is 11.8 Å². The molecule has 0 fully saturated rings. The number of carbonyl (C=O) groups is 1. The third-order valence-electron chi connectivity index (χ3n) is 3.02. The maximum Gasteiger partial charge on any atom is 0.261 e. The number of halogens is 1. The fourth-order valence-electron chi connectivity index (χ4n) is 1.83. The molecule has 0 unspecified atom stereocenters. The molecule has 0 saturated carbocycles. The first-order chi connectivity index (χ1) is 10.3. The summed E-state index contributed by atoms with van der Waals surface area (Å²) >= 11 is 0. The Labute approximate surface area is 128 Å². The van der Waals surface area contributed by atoms with E-state index >= 15 is 0 Å². The van der Waals surface area contributed by atoms with Crippen molar-refractivity contribution in [1.29, 1.82) is 0 Å². The van der Waals surface area contributed by atoms with Crippen LogP contribution in [0.2, 0.25) is 0 Å². The third kappa shape index (κ3) is 3.43. The van der Waals surface area contributed by atoms with Crippen molar-refractivity contribution in [3.05, 3.63) is 59.4 Å². The lowest BCUT2D eigenvalue weighted by atomic mass is 10.2. The van der Waals surface area contributed by atoms with Gasteiger partial charge in [-0.15, -0.1) is 0 Å². The Balaban J connectivity index is 2.34. The number of amides is 1. The Morgan fingerprint density at radius 3 is 2.32 bits per heavy atom. The van der Waals surface area contributed by atoms with Gasteiger partial charge in [0.05, 0.1) is 10.5 Å². The van der Waals surface area contributed by atoms with E-state index in [2.05, 4.69) is 10.0 Å². The average molecular weight is 322 g/mol. The van der Waals surface area contributed by atoms with Crippen LogP contribution in [0.15, 0.2) is 47.4 Å². The summed E-state index contributed by atoms with van der Waals surface area (Å²) in [6.45, 7) is 1.85. The molecule has 0 aliphatic heterocycles. The maximum atomic E-state index is 13.6. The van der Waals surface area contributed by atoms with Crippen LogP contribution in [0.3, 0.4) is 0 Å². The standard InChI is InChI=1S/C15H15FN2O3S/c1-10-3-6-12(7-4-10)22(20,21)18-11-5-8-14(16)13(9-11)15(19)17-2/h3-9,18H,1-2H3,(H,17,19). The minimum absolute atomic E-state index is 0.0870. The van der Waals surface area contributed by atoms with E-state index < -0.39 is 21.7 Å². The molecule has 2 rings (SSSR count). The lowest BCUT2D eigenvalue weighted by molar-refractivity contribution is 0.0959. The molecular formula is C15H15FN2O3S. The molecule has 0 aliphatic carbocycles. The molecule has 0 radical (unpaired) electrons. The molecule has 0 aliphatic rings. The van der Waals surface area contributed by atoms with Crippen LogP contribution in [-0.2, 0) is 10.0 Å². The Hall–Kier alpha value is -2.41. The molecule has 22 heavy (non-hydrogen) atoms. The van der Waals surface area contributed by atoms with Crippen LogP contribution < -0.4 is 10.0 Å². The van der Waals surface area contributed by atoms with Crippen molar-refractivity contribution in [1.82, 2.24) is 5.32 Å². The number of aryl methyl sites for hydroxylation is 1. The molecule has 0 aromatic heterocycles. The summed E-state index contributed by atoms with van der Waals surface area (Å²) in [7, 11) is -2.43. The van der Waals surface area contributed by atoms with E-state index in [0.29, 0.717) is 0 Å². The summed E-state index contributed by atoms with van der Waals surface area (Å²) in [5, 5.41) is 2.29. The Kier molecular flexibility index (Phi) is 4.46. The molecule has 0 atom stereocenters. The summed E-state index contributed by atoms with van der Waals surface area (Å²) < 4.78 is 40.4. The van der Waals surface area contributed by atoms with Gasteiger partial charge < -0.3 is 5.32 Å². The minimum Gasteiger partial charge on any atom is -0.355 e. The van der Waals surface area contributed by atoms with Gasteiger partial charge in [-0.25, -0.2) is 12.8 Å². The van der Waals surface area contributed by atoms with E-state index in [9.17, 15) is 17.6 Å². The zero-order valence-electron chi connectivity index (χ0n) is 12.1. The van der Waals surface area contributed by atoms with Gasteiger partial charge in [0.1, 0.15) is 5.82 Å². The average Bonchev–Trinajstić information content (AvgIpc) is 2.48. The van der Waals surface area contributed by atoms with Crippen molar-refractivity contribution < 1.29 is 17.6 Å². The first-order valence-corrected chi connectivity index (χ1v) is 7.93. The van der Waals surface area contributed by atoms with Gasteiger partial charge in [0, 0.05) is 12.7 Å². The summed E-state index contributed by atoms with van der Waals surface area (Å²) in [6.07, 6.45) is 0. The van der Waals surface area contributed by atoms with Gasteiger partial charge in [-0.05, 0) is 37.3 Å². The summed E-state index contributed by atoms with van der Waals surface area (Å²) in [4.78, 5) is 11.6. The topological polar surface area (TPSA) is 75.3 Å². The van der Waals surface area contributed by atoms with Gasteiger partial charge in [-0.2, -0.15) is 0 Å². The van der Waals surface area contributed by atoms with E-state index in [1.807, 2.05) is 6.92 Å². The molecule has 0 heterocycles. The largest absolute Gasteiger partial charge is 0.355 e. The highest BCUT2D eigenvalue weighted by Crippen LogP contribution is 2.19. The van der Waals surface area contributed by atoms with Crippen LogP contribution in [0.25, 0.3) is 0 Å². The summed E-state index contributed by atoms with van der Waals surface area (Å²) in [6, 6.07) is 9.75. The van der Waals surface area contributed by atoms with Gasteiger partial charge >= 0.3 is 0 Å². The number of anilines is 1. The van der Waals surface area contributed by atoms with Crippen molar-refractivity contribution in [2.24, 2.45) is 0 Å². The van der Waals surface area contributed by atoms with Gasteiger partial charge in [0.25, 0.3) is 15.9 Å². The van der Waals surface area contributed by atoms with Gasteiger partial charge in [-0.1, -0.05) is 17.7 Å². The van der Waals surface area contributed by atoms with Gasteiger partial charge in [0.2, 0.25) is 0 Å². The quantitative estimate of drug-likeness (QED) is 0.907. The minimum atomic E-state index is -3.80. The second-order valence-corrected chi connectivity index (χ2v) is 6.37. The first-order valence-electron chi connectivity index (χ1n) is 6.44. The molecule has 5 nitrogen and oxygen atoms in total. The number of hydrogen-bond donors (Lipinski definition) is 2. The molecule has 2 N–H and O–H groups in total. The van der Waals surface area contributed by atoms with E-state index in [1.54, 1.807) is 12.1 Å². The third-order valence-corrected chi connectivity index (χ3v) is 4.42. The number of carbonyl (C=O) groups excluding carboxylic acids is 1. The Bertz CT molecular complexity index is 802. The SMILES string of the molecule is CNC(=O)c1cc(NS(=O)(=O)c2ccc(C)cc2)ccc1F. The van der Waals surface area contributed by atoms with Crippen molar-refractivity contribution in [2.75, 3.05) is 11.8 Å². The van der Waals surface area contributed by atoms with Crippen LogP contribution >= 0.6 is 0 Å². The highest BCUT2D eigenvalue weighted by molar-refractivity contribution is 7.92. The normalized spacial score (nSPS) is 11.0. The van der Waals surface area contributed by atoms with Crippen molar-refractivity contribution in [3.63, 3.8) is 0 Å². The van der Waals surface area contributed by atoms with E-state index in [4.69, 9.17) is 0 Å². The van der Waals surface area contributed by atoms with E-state index in [0.717, 1.165) is 17.7 Å². The zero-order valence-corrected chi connectivity index (χ0v) is 12.9. The fourth-order valence-corrected chi connectivity index (χ4v) is 2.88. The number of nitrogens with one attached hydrogen (secondary N) is 2. The highest BCUT2D eigenvalue weighted by Gasteiger charge is 2.16. The van der Waals surface area contributed by atoms with Crippen LogP contribution in [0, 0.1) is 12.7 Å². The number of benzene rings is 2. The highest BCUT2D eigenvalue weighted by atomic mass is 32.2. The summed E-state index contributed by atoms with van der Waals surface area (Å²) in [5.41, 5.74) is 0.815. The second-order valence-electron chi connectivity index (χ2n) is 4.69. The predicted molar refractivity (Wildman–Crippen MR) is 81.8 cm³/mol. The maximum absolute atomic E-state index is 13.6. The molecule has 0 saturated heterocycles. The zero-order chi connectivity index (χ0) is 16.3. The van der Waals surface area contributed by atoms with Crippen LogP contribution in [0.4, 0.5) is 10.1 Å². The Morgan fingerprint density at radius 2 is 1.73 bits per heavy atom. The molecule has 2 aromatic carbocycles. The van der Waals surface area contributed by atoms with Gasteiger partial charge in [-0.3, -0.25) is 9.52 Å². The molecule has 0 bridgehead atoms. The fraction of sp³-hybridized carbons (Fsp3) is 0.133. The van der Waals surface area contributed by atoms with Crippen molar-refractivity contribution in [3.8, 4) is 0 Å². The molecular weight excluding hydrogens is 307 g/mol. The molecule has 1 amide bonds. The van der Waals surface area contributed by atoms with Crippen LogP contribution in [0.5, 0.6) is 0 Å². The first kappa shape index (κ1) is 16.0. The smallest absolute Gasteiger partial charge is 0.261 e. The number of rotatable bonds is 4. The second kappa shape index (κ2) is 6.15. The van der Waals surface area contributed by atoms with E-state index in [1.165, 1.54) is 25.2 Å². The van der Waals surface area contributed by atoms with E-state index in [-0.39, 0.29) is 16.1 Å². The number of sulfonamides is 1. The van der Waals surface area contributed by atoms with Gasteiger partial charge in [0.15, 0.2) is 0 Å². The van der Waals surface area contributed by atoms with Crippen LogP contribution in [-0.4, -0.2) is 21.4 Å². The summed E-state index contributed by atoms with van der Waals surface area (Å²) in [5.74, 6) is -1.36. The molecule has 116 valence electrons. The number of hydrogen-bond acceptors (Lipinski definition) is 3. The lowest BCUT2D eigenvalue weighted by Gasteiger charge is -2.10. The van der Waals surface area contributed by atoms with Crippen LogP contribution in [0.1, 0.15) is 15.9 Å². The monoisotopic (exact) mass is 322 g/mol. The predicted octanol–water partition coefficient (Wildman–Crippen LogP) is 2.29. The Morgan fingerprint density at radius 1 is 1.09 bits per heavy atom. The molecule has 2 aromatic rings. The lowest BCUT2D eigenvalue weighted by Crippen LogP contribution is -2.20. The molecule has 0 spiro atoms.